The van der Waals surface area contributed by atoms with E-state index in [-0.39, 0.29) is 41.9 Å². The van der Waals surface area contributed by atoms with E-state index < -0.39 is 58.7 Å². The first-order valence-electron chi connectivity index (χ1n) is 14.4. The van der Waals surface area contributed by atoms with Crippen molar-refractivity contribution < 1.29 is 43.5 Å². The van der Waals surface area contributed by atoms with Gasteiger partial charge in [-0.2, -0.15) is 0 Å². The number of carbonyl (C=O) groups excluding carboxylic acids is 2. The fourth-order valence-electron chi connectivity index (χ4n) is 12.0. The molecule has 6 fully saturated rings. The molecule has 220 valence electrons. The maximum Gasteiger partial charge on any atom is 0.303 e. The van der Waals surface area contributed by atoms with Crippen LogP contribution in [0.3, 0.4) is 0 Å². The van der Waals surface area contributed by atoms with E-state index in [0.717, 1.165) is 19.4 Å². The zero-order valence-electron chi connectivity index (χ0n) is 24.4. The lowest BCUT2D eigenvalue weighted by Gasteiger charge is -2.70. The van der Waals surface area contributed by atoms with Gasteiger partial charge in [0.2, 0.25) is 0 Å². The standard InChI is InChI=1S/C29H45NO9/c1-9-26-12-30(5)22-19-20(36-7)21(26)28(22,17(35-6)10-13(26)2)16-11-27(33)23(38-14(3)31)18(16)29(19,34)25(24(27)37-8)39-15(4)32/h13,16-25,33-34H,9-12H2,1-8H3/t13-,16-,17+,18-,19+,20+,21-,22?,23-,24+,25+,26-,27-,28+,29-/m1/s1. The second-order valence-electron chi connectivity index (χ2n) is 13.4. The topological polar surface area (TPSA) is 124 Å². The average molecular weight is 552 g/mol. The summed E-state index contributed by atoms with van der Waals surface area (Å²) in [6.45, 7) is 8.02. The maximum atomic E-state index is 13.2. The largest absolute Gasteiger partial charge is 0.459 e. The highest BCUT2D eigenvalue weighted by Gasteiger charge is 2.91. The van der Waals surface area contributed by atoms with Gasteiger partial charge in [0.25, 0.3) is 0 Å². The van der Waals surface area contributed by atoms with Crippen molar-refractivity contribution in [2.24, 2.45) is 40.4 Å². The first-order valence-corrected chi connectivity index (χ1v) is 14.4. The lowest BCUT2D eigenvalue weighted by Crippen LogP contribution is -2.80. The molecule has 1 spiro atoms. The van der Waals surface area contributed by atoms with Crippen molar-refractivity contribution in [3.05, 3.63) is 0 Å². The molecule has 15 atom stereocenters. The van der Waals surface area contributed by atoms with Crippen molar-refractivity contribution >= 4 is 11.9 Å². The quantitative estimate of drug-likeness (QED) is 0.462. The van der Waals surface area contributed by atoms with Gasteiger partial charge in [-0.05, 0) is 43.6 Å². The van der Waals surface area contributed by atoms with Gasteiger partial charge >= 0.3 is 11.9 Å². The summed E-state index contributed by atoms with van der Waals surface area (Å²) in [4.78, 5) is 27.4. The molecule has 5 saturated carbocycles. The number of likely N-dealkylation sites (tertiary alicyclic amines) is 1. The van der Waals surface area contributed by atoms with Crippen LogP contribution in [-0.4, -0.2) is 110 Å². The van der Waals surface area contributed by atoms with Gasteiger partial charge in [-0.15, -0.1) is 0 Å². The molecule has 2 N–H and O–H groups in total. The van der Waals surface area contributed by atoms with Gasteiger partial charge in [0.15, 0.2) is 6.10 Å². The molecule has 0 aromatic rings. The van der Waals surface area contributed by atoms with Crippen molar-refractivity contribution in [2.45, 2.75) is 94.7 Å². The molecule has 0 amide bonds. The summed E-state index contributed by atoms with van der Waals surface area (Å²) in [5.41, 5.74) is -3.95. The number of methoxy groups -OCH3 is 3. The molecule has 7 bridgehead atoms. The summed E-state index contributed by atoms with van der Waals surface area (Å²) in [5, 5.41) is 25.7. The number of fused-ring (bicyclic) bond motifs is 2. The second-order valence-corrected chi connectivity index (χ2v) is 13.4. The van der Waals surface area contributed by atoms with Gasteiger partial charge in [0.05, 0.1) is 12.2 Å². The van der Waals surface area contributed by atoms with Crippen LogP contribution in [0.1, 0.15) is 47.0 Å². The fraction of sp³-hybridized carbons (Fsp3) is 0.931. The third-order valence-corrected chi connectivity index (χ3v) is 12.6. The van der Waals surface area contributed by atoms with Crippen LogP contribution in [-0.2, 0) is 33.3 Å². The second kappa shape index (κ2) is 8.61. The first-order chi connectivity index (χ1) is 18.4. The summed E-state index contributed by atoms with van der Waals surface area (Å²) in [5.74, 6) is -2.25. The Morgan fingerprint density at radius 1 is 0.949 bits per heavy atom. The van der Waals surface area contributed by atoms with Crippen LogP contribution in [0.5, 0.6) is 0 Å². The Morgan fingerprint density at radius 2 is 1.59 bits per heavy atom. The minimum Gasteiger partial charge on any atom is -0.459 e. The zero-order chi connectivity index (χ0) is 28.4. The Hall–Kier alpha value is -1.30. The molecule has 1 heterocycles. The van der Waals surface area contributed by atoms with E-state index in [4.69, 9.17) is 23.7 Å². The van der Waals surface area contributed by atoms with Gasteiger partial charge in [-0.1, -0.05) is 13.8 Å². The Balaban J connectivity index is 1.69. The molecule has 1 aliphatic heterocycles. The Labute approximate surface area is 230 Å². The Kier molecular flexibility index (Phi) is 6.15. The fourth-order valence-corrected chi connectivity index (χ4v) is 12.0. The molecular weight excluding hydrogens is 506 g/mol. The highest BCUT2D eigenvalue weighted by atomic mass is 16.6. The zero-order valence-corrected chi connectivity index (χ0v) is 24.4. The third-order valence-electron chi connectivity index (χ3n) is 12.6. The van der Waals surface area contributed by atoms with E-state index in [1.165, 1.54) is 21.0 Å². The van der Waals surface area contributed by atoms with Crippen molar-refractivity contribution in [1.82, 2.24) is 4.90 Å². The Bertz CT molecular complexity index is 1060. The predicted molar refractivity (Wildman–Crippen MR) is 137 cm³/mol. The smallest absolute Gasteiger partial charge is 0.303 e. The maximum absolute atomic E-state index is 13.2. The SMILES string of the molecule is CC[C@]12CN(C)C3[C@@H]4[C@H](OC)[C@H]1[C@@]3([C@@H](OC)C[C@H]2C)[C@@H]1C[C@@]2(O)[C@H](OC(C)=O)[C@@H]1[C@]4(O)[C@@H](OC(C)=O)[C@@H]2OC. The minimum absolute atomic E-state index is 0.0267. The molecule has 1 saturated heterocycles. The molecule has 10 nitrogen and oxygen atoms in total. The van der Waals surface area contributed by atoms with Crippen LogP contribution in [0, 0.1) is 40.4 Å². The lowest BCUT2D eigenvalue weighted by atomic mass is 9.41. The van der Waals surface area contributed by atoms with Crippen LogP contribution in [0.25, 0.3) is 0 Å². The molecule has 5 aliphatic carbocycles. The van der Waals surface area contributed by atoms with Crippen LogP contribution in [0.2, 0.25) is 0 Å². The van der Waals surface area contributed by atoms with Gasteiger partial charge < -0.3 is 38.8 Å². The highest BCUT2D eigenvalue weighted by Crippen LogP contribution is 2.81. The molecule has 0 aromatic heterocycles. The van der Waals surface area contributed by atoms with E-state index in [1.54, 1.807) is 14.2 Å². The number of ether oxygens (including phenoxy) is 5. The van der Waals surface area contributed by atoms with Crippen LogP contribution in [0.4, 0.5) is 0 Å². The van der Waals surface area contributed by atoms with E-state index in [1.807, 2.05) is 0 Å². The molecule has 10 heteroatoms. The molecule has 0 radical (unpaired) electrons. The van der Waals surface area contributed by atoms with Gasteiger partial charge in [0.1, 0.15) is 23.4 Å². The molecular formula is C29H45NO9. The van der Waals surface area contributed by atoms with Crippen molar-refractivity contribution in [3.63, 3.8) is 0 Å². The number of carbonyl (C=O) groups is 2. The van der Waals surface area contributed by atoms with E-state index in [2.05, 4.69) is 25.8 Å². The van der Waals surface area contributed by atoms with Crippen LogP contribution >= 0.6 is 0 Å². The van der Waals surface area contributed by atoms with Crippen molar-refractivity contribution in [3.8, 4) is 0 Å². The van der Waals surface area contributed by atoms with Gasteiger partial charge in [0, 0.05) is 70.9 Å². The highest BCUT2D eigenvalue weighted by molar-refractivity contribution is 5.67. The van der Waals surface area contributed by atoms with Gasteiger partial charge in [-0.3, -0.25) is 9.59 Å². The van der Waals surface area contributed by atoms with Crippen molar-refractivity contribution in [2.75, 3.05) is 34.9 Å². The number of hydrogen-bond acceptors (Lipinski definition) is 10. The van der Waals surface area contributed by atoms with E-state index >= 15 is 0 Å². The molecule has 39 heavy (non-hydrogen) atoms. The number of nitrogens with zero attached hydrogens (tertiary/aromatic N) is 1. The Morgan fingerprint density at radius 3 is 2.13 bits per heavy atom. The van der Waals surface area contributed by atoms with Crippen LogP contribution in [0.15, 0.2) is 0 Å². The molecule has 6 aliphatic rings. The number of hydrogen-bond donors (Lipinski definition) is 2. The van der Waals surface area contributed by atoms with E-state index in [0.29, 0.717) is 5.92 Å². The number of esters is 2. The molecule has 0 aromatic carbocycles. The number of rotatable bonds is 6. The average Bonchev–Trinajstić information content (AvgIpc) is 3.26. The van der Waals surface area contributed by atoms with E-state index in [9.17, 15) is 19.8 Å². The first kappa shape index (κ1) is 27.8. The summed E-state index contributed by atoms with van der Waals surface area (Å²) in [7, 11) is 7.02. The normalized spacial score (nSPS) is 56.8. The lowest BCUT2D eigenvalue weighted by molar-refractivity contribution is -0.318. The summed E-state index contributed by atoms with van der Waals surface area (Å²) < 4.78 is 30.6. The van der Waals surface area contributed by atoms with Crippen molar-refractivity contribution in [1.29, 1.82) is 0 Å². The summed E-state index contributed by atoms with van der Waals surface area (Å²) >= 11 is 0. The minimum atomic E-state index is -1.69. The van der Waals surface area contributed by atoms with Gasteiger partial charge in [-0.25, -0.2) is 0 Å². The van der Waals surface area contributed by atoms with Crippen LogP contribution < -0.4 is 0 Å². The number of piperidine rings is 1. The number of aliphatic hydroxyl groups is 2. The third kappa shape index (κ3) is 2.89. The summed E-state index contributed by atoms with van der Waals surface area (Å²) in [6.07, 6.45) is -1.81. The molecule has 6 rings (SSSR count). The summed E-state index contributed by atoms with van der Waals surface area (Å²) in [6, 6.07) is -0.162. The monoisotopic (exact) mass is 551 g/mol. The predicted octanol–water partition coefficient (Wildman–Crippen LogP) is 1.00. The molecule has 1 unspecified atom stereocenters.